The molecule has 4 heteroatoms. The lowest BCUT2D eigenvalue weighted by molar-refractivity contribution is -0.113. The molecule has 1 rings (SSSR count). The van der Waals surface area contributed by atoms with Crippen LogP contribution in [0.15, 0.2) is 18.2 Å². The van der Waals surface area contributed by atoms with E-state index in [1.807, 2.05) is 6.07 Å². The summed E-state index contributed by atoms with van der Waals surface area (Å²) in [5.74, 6) is 1.42. The molecule has 0 heterocycles. The summed E-state index contributed by atoms with van der Waals surface area (Å²) in [6.45, 7) is 6.07. The lowest BCUT2D eigenvalue weighted by Gasteiger charge is -2.23. The molecule has 0 aliphatic rings. The topological polar surface area (TPSA) is 35.5 Å². The van der Waals surface area contributed by atoms with Crippen LogP contribution in [0.2, 0.25) is 0 Å². The number of carbonyl (C=O) groups is 1. The number of halogens is 1. The fraction of sp³-hybridized carbons (Fsp3) is 0.462. The van der Waals surface area contributed by atoms with Crippen molar-refractivity contribution >= 4 is 16.8 Å². The number of hydrogen-bond donors (Lipinski definition) is 0. The lowest BCUT2D eigenvalue weighted by atomic mass is 9.86. The molecule has 0 saturated heterocycles. The molecule has 1 aromatic carbocycles. The highest BCUT2D eigenvalue weighted by Gasteiger charge is 2.20. The molecule has 0 radical (unpaired) electrons. The second-order valence-electron chi connectivity index (χ2n) is 4.76. The summed E-state index contributed by atoms with van der Waals surface area (Å²) in [6.07, 6.45) is 0. The molecule has 0 spiro atoms. The summed E-state index contributed by atoms with van der Waals surface area (Å²) in [5, 5.41) is -0.513. The van der Waals surface area contributed by atoms with Gasteiger partial charge in [-0.1, -0.05) is 20.8 Å². The van der Waals surface area contributed by atoms with E-state index in [1.165, 1.54) is 0 Å². The van der Waals surface area contributed by atoms with Gasteiger partial charge in [-0.3, -0.25) is 4.79 Å². The molecule has 0 amide bonds. The van der Waals surface area contributed by atoms with Crippen LogP contribution in [0.3, 0.4) is 0 Å². The van der Waals surface area contributed by atoms with Crippen molar-refractivity contribution in [3.05, 3.63) is 23.8 Å². The summed E-state index contributed by atoms with van der Waals surface area (Å²) < 4.78 is 10.6. The van der Waals surface area contributed by atoms with Gasteiger partial charge in [0, 0.05) is 5.56 Å². The van der Waals surface area contributed by atoms with Crippen LogP contribution in [0, 0.1) is 0 Å². The van der Waals surface area contributed by atoms with Crippen molar-refractivity contribution in [1.82, 2.24) is 0 Å². The fourth-order valence-electron chi connectivity index (χ4n) is 1.48. The minimum absolute atomic E-state index is 0.0980. The lowest BCUT2D eigenvalue weighted by Crippen LogP contribution is -2.15. The Morgan fingerprint density at radius 1 is 1.35 bits per heavy atom. The number of ether oxygens (including phenoxy) is 2. The molecule has 0 N–H and O–H groups in total. The van der Waals surface area contributed by atoms with E-state index in [0.29, 0.717) is 5.75 Å². The van der Waals surface area contributed by atoms with Gasteiger partial charge in [-0.25, -0.2) is 0 Å². The highest BCUT2D eigenvalue weighted by atomic mass is 35.5. The zero-order valence-electron chi connectivity index (χ0n) is 10.5. The number of methoxy groups -OCH3 is 1. The largest absolute Gasteiger partial charge is 0.497 e. The second-order valence-corrected chi connectivity index (χ2v) is 5.18. The Kier molecular flexibility index (Phi) is 4.40. The van der Waals surface area contributed by atoms with Crippen molar-refractivity contribution in [3.63, 3.8) is 0 Å². The van der Waals surface area contributed by atoms with Crippen LogP contribution in [0.4, 0.5) is 0 Å². The van der Waals surface area contributed by atoms with Gasteiger partial charge in [-0.15, -0.1) is 0 Å². The van der Waals surface area contributed by atoms with Crippen LogP contribution in [0.1, 0.15) is 26.3 Å². The number of carbonyl (C=O) groups excluding carboxylic acids is 1. The van der Waals surface area contributed by atoms with Gasteiger partial charge in [0.1, 0.15) is 11.5 Å². The molecule has 1 aromatic rings. The predicted octanol–water partition coefficient (Wildman–Crippen LogP) is 3.14. The third-order valence-electron chi connectivity index (χ3n) is 2.34. The van der Waals surface area contributed by atoms with Crippen LogP contribution in [0.5, 0.6) is 11.5 Å². The van der Waals surface area contributed by atoms with Crippen LogP contribution < -0.4 is 9.47 Å². The van der Waals surface area contributed by atoms with Gasteiger partial charge in [0.15, 0.2) is 6.61 Å². The van der Waals surface area contributed by atoms with Gasteiger partial charge < -0.3 is 9.47 Å². The van der Waals surface area contributed by atoms with Crippen molar-refractivity contribution in [2.24, 2.45) is 0 Å². The van der Waals surface area contributed by atoms with Gasteiger partial charge >= 0.3 is 0 Å². The summed E-state index contributed by atoms with van der Waals surface area (Å²) in [7, 11) is 1.62. The van der Waals surface area contributed by atoms with E-state index >= 15 is 0 Å². The fourth-order valence-corrected chi connectivity index (χ4v) is 1.54. The Balaban J connectivity index is 3.07. The summed E-state index contributed by atoms with van der Waals surface area (Å²) in [5.41, 5.74) is 0.883. The molecular formula is C13H17ClO3. The Bertz CT molecular complexity index is 408. The summed E-state index contributed by atoms with van der Waals surface area (Å²) >= 11 is 5.26. The molecule has 0 aliphatic heterocycles. The van der Waals surface area contributed by atoms with Crippen LogP contribution in [-0.4, -0.2) is 19.0 Å². The second kappa shape index (κ2) is 5.41. The van der Waals surface area contributed by atoms with Crippen LogP contribution >= 0.6 is 11.6 Å². The molecule has 0 saturated carbocycles. The Morgan fingerprint density at radius 2 is 2.00 bits per heavy atom. The maximum absolute atomic E-state index is 10.7. The number of hydrogen-bond acceptors (Lipinski definition) is 3. The third kappa shape index (κ3) is 3.93. The normalized spacial score (nSPS) is 11.1. The first kappa shape index (κ1) is 13.8. The van der Waals surface area contributed by atoms with Crippen molar-refractivity contribution < 1.29 is 14.3 Å². The van der Waals surface area contributed by atoms with Crippen LogP contribution in [-0.2, 0) is 10.2 Å². The van der Waals surface area contributed by atoms with E-state index in [1.54, 1.807) is 19.2 Å². The third-order valence-corrected chi connectivity index (χ3v) is 2.45. The highest BCUT2D eigenvalue weighted by Crippen LogP contribution is 2.34. The molecule has 17 heavy (non-hydrogen) atoms. The molecule has 3 nitrogen and oxygen atoms in total. The zero-order chi connectivity index (χ0) is 13.1. The average Bonchev–Trinajstić information content (AvgIpc) is 2.24. The molecule has 0 atom stereocenters. The van der Waals surface area contributed by atoms with E-state index < -0.39 is 5.24 Å². The molecule has 0 aromatic heterocycles. The molecule has 0 aliphatic carbocycles. The summed E-state index contributed by atoms with van der Waals surface area (Å²) in [6, 6.07) is 5.50. The van der Waals surface area contributed by atoms with Crippen molar-refractivity contribution in [1.29, 1.82) is 0 Å². The summed E-state index contributed by atoms with van der Waals surface area (Å²) in [4.78, 5) is 10.7. The monoisotopic (exact) mass is 256 g/mol. The van der Waals surface area contributed by atoms with E-state index in [0.717, 1.165) is 11.3 Å². The minimum Gasteiger partial charge on any atom is -0.497 e. The van der Waals surface area contributed by atoms with Gasteiger partial charge in [-0.2, -0.15) is 0 Å². The molecule has 94 valence electrons. The highest BCUT2D eigenvalue weighted by molar-refractivity contribution is 6.63. The Labute approximate surface area is 107 Å². The minimum atomic E-state index is -0.513. The standard InChI is InChI=1S/C13H17ClO3/c1-13(2,3)10-7-9(16-4)5-6-11(10)17-8-12(14)15/h5-7H,8H2,1-4H3. The SMILES string of the molecule is COc1ccc(OCC(=O)Cl)c(C(C)(C)C)c1. The van der Waals surface area contributed by atoms with Crippen LogP contribution in [0.25, 0.3) is 0 Å². The van der Waals surface area contributed by atoms with E-state index in [-0.39, 0.29) is 12.0 Å². The molecule has 0 fully saturated rings. The maximum atomic E-state index is 10.7. The quantitative estimate of drug-likeness (QED) is 0.777. The zero-order valence-corrected chi connectivity index (χ0v) is 11.3. The average molecular weight is 257 g/mol. The Hall–Kier alpha value is -1.22. The van der Waals surface area contributed by atoms with Crippen molar-refractivity contribution in [2.75, 3.05) is 13.7 Å². The first-order chi connectivity index (χ1) is 7.84. The maximum Gasteiger partial charge on any atom is 0.259 e. The first-order valence-electron chi connectivity index (χ1n) is 5.34. The molecular weight excluding hydrogens is 240 g/mol. The first-order valence-corrected chi connectivity index (χ1v) is 5.72. The van der Waals surface area contributed by atoms with Gasteiger partial charge in [0.2, 0.25) is 0 Å². The van der Waals surface area contributed by atoms with Crippen molar-refractivity contribution in [2.45, 2.75) is 26.2 Å². The molecule has 0 bridgehead atoms. The van der Waals surface area contributed by atoms with Gasteiger partial charge in [0.25, 0.3) is 5.24 Å². The van der Waals surface area contributed by atoms with Gasteiger partial charge in [-0.05, 0) is 35.2 Å². The Morgan fingerprint density at radius 3 is 2.47 bits per heavy atom. The number of rotatable bonds is 4. The van der Waals surface area contributed by atoms with E-state index in [9.17, 15) is 4.79 Å². The van der Waals surface area contributed by atoms with E-state index in [4.69, 9.17) is 21.1 Å². The smallest absolute Gasteiger partial charge is 0.259 e. The van der Waals surface area contributed by atoms with Gasteiger partial charge in [0.05, 0.1) is 7.11 Å². The number of benzene rings is 1. The van der Waals surface area contributed by atoms with E-state index in [2.05, 4.69) is 20.8 Å². The predicted molar refractivity (Wildman–Crippen MR) is 68.0 cm³/mol. The van der Waals surface area contributed by atoms with Crippen molar-refractivity contribution in [3.8, 4) is 11.5 Å². The molecule has 0 unspecified atom stereocenters.